The maximum atomic E-state index is 13.0. The van der Waals surface area contributed by atoms with Gasteiger partial charge in [0.05, 0.1) is 12.0 Å². The van der Waals surface area contributed by atoms with Gasteiger partial charge in [-0.2, -0.15) is 13.2 Å². The van der Waals surface area contributed by atoms with Crippen LogP contribution in [0.5, 0.6) is 0 Å². The van der Waals surface area contributed by atoms with Gasteiger partial charge in [0.1, 0.15) is 11.3 Å². The van der Waals surface area contributed by atoms with E-state index in [-0.39, 0.29) is 17.8 Å². The quantitative estimate of drug-likeness (QED) is 0.511. The molecule has 1 aliphatic heterocycles. The van der Waals surface area contributed by atoms with Gasteiger partial charge in [0.25, 0.3) is 0 Å². The van der Waals surface area contributed by atoms with Crippen molar-refractivity contribution in [2.75, 3.05) is 18.4 Å². The second-order valence-electron chi connectivity index (χ2n) is 9.95. The second kappa shape index (κ2) is 9.77. The van der Waals surface area contributed by atoms with Crippen molar-refractivity contribution < 1.29 is 23.1 Å². The van der Waals surface area contributed by atoms with Crippen LogP contribution < -0.4 is 5.32 Å². The lowest BCUT2D eigenvalue weighted by molar-refractivity contribution is -0.141. The first kappa shape index (κ1) is 25.2. The van der Waals surface area contributed by atoms with E-state index in [9.17, 15) is 23.1 Å². The molecule has 0 atom stereocenters. The monoisotopic (exact) mass is 514 g/mol. The van der Waals surface area contributed by atoms with E-state index in [2.05, 4.69) is 20.3 Å². The van der Waals surface area contributed by atoms with Gasteiger partial charge in [-0.3, -0.25) is 4.79 Å². The molecule has 0 radical (unpaired) electrons. The minimum atomic E-state index is -4.56. The van der Waals surface area contributed by atoms with Gasteiger partial charge >= 0.3 is 6.18 Å². The third-order valence-corrected chi connectivity index (χ3v) is 7.20. The number of hydrogen-bond donors (Lipinski definition) is 2. The van der Waals surface area contributed by atoms with Gasteiger partial charge < -0.3 is 19.9 Å². The highest BCUT2D eigenvalue weighted by atomic mass is 19.4. The van der Waals surface area contributed by atoms with Crippen LogP contribution >= 0.6 is 0 Å². The molecule has 1 aliphatic carbocycles. The van der Waals surface area contributed by atoms with Crippen molar-refractivity contribution in [1.82, 2.24) is 24.4 Å². The van der Waals surface area contributed by atoms with Crippen molar-refractivity contribution in [3.63, 3.8) is 0 Å². The van der Waals surface area contributed by atoms with E-state index in [4.69, 9.17) is 0 Å². The molecule has 1 amide bonds. The molecule has 2 N–H and O–H groups in total. The fourth-order valence-electron chi connectivity index (χ4n) is 5.19. The molecule has 0 unspecified atom stereocenters. The fourth-order valence-corrected chi connectivity index (χ4v) is 5.19. The standard InChI is InChI=1S/C26H29F3N6O2/c1-17-12-19(32-24-30-9-6-21(33-24)26(27,28)29)14-20(13-17)35-15-22(31-16-35)25(37)7-4-18(5-8-25)23(36)34-10-2-3-11-34/h6,9,12-16,18,37H,2-5,7-8,10-11H2,1H3,(H,30,32,33)/t18-,25+. The Kier molecular flexibility index (Phi) is 6.65. The number of aryl methyl sites for hydroxylation is 1. The molecule has 0 spiro atoms. The molecule has 2 aromatic heterocycles. The number of nitrogens with zero attached hydrogens (tertiary/aromatic N) is 5. The summed E-state index contributed by atoms with van der Waals surface area (Å²) in [5.41, 5.74) is 0.504. The summed E-state index contributed by atoms with van der Waals surface area (Å²) >= 11 is 0. The number of aliphatic hydroxyl groups is 1. The highest BCUT2D eigenvalue weighted by Crippen LogP contribution is 2.40. The van der Waals surface area contributed by atoms with E-state index in [0.29, 0.717) is 37.1 Å². The Balaban J connectivity index is 1.30. The van der Waals surface area contributed by atoms with Crippen LogP contribution in [-0.2, 0) is 16.6 Å². The predicted molar refractivity (Wildman–Crippen MR) is 130 cm³/mol. The summed E-state index contributed by atoms with van der Waals surface area (Å²) in [5.74, 6) is -0.00852. The predicted octanol–water partition coefficient (Wildman–Crippen LogP) is 4.73. The number of halogens is 3. The zero-order valence-corrected chi connectivity index (χ0v) is 20.5. The van der Waals surface area contributed by atoms with E-state index in [1.807, 2.05) is 17.9 Å². The molecule has 1 aromatic carbocycles. The number of imidazole rings is 1. The number of anilines is 2. The van der Waals surface area contributed by atoms with E-state index in [1.165, 1.54) is 0 Å². The second-order valence-corrected chi connectivity index (χ2v) is 9.95. The van der Waals surface area contributed by atoms with Crippen LogP contribution in [-0.4, -0.2) is 48.5 Å². The number of carbonyl (C=O) groups is 1. The Morgan fingerprint density at radius 1 is 1.14 bits per heavy atom. The average molecular weight is 515 g/mol. The Morgan fingerprint density at radius 2 is 1.86 bits per heavy atom. The van der Waals surface area contributed by atoms with Crippen LogP contribution in [0.4, 0.5) is 24.8 Å². The molecule has 3 heterocycles. The van der Waals surface area contributed by atoms with Crippen molar-refractivity contribution in [2.24, 2.45) is 5.92 Å². The zero-order chi connectivity index (χ0) is 26.2. The third kappa shape index (κ3) is 5.46. The Morgan fingerprint density at radius 3 is 2.57 bits per heavy atom. The molecular formula is C26H29F3N6O2. The molecule has 11 heteroatoms. The lowest BCUT2D eigenvalue weighted by Gasteiger charge is -2.35. The summed E-state index contributed by atoms with van der Waals surface area (Å²) in [6.45, 7) is 3.53. The number of amides is 1. The van der Waals surface area contributed by atoms with E-state index in [1.54, 1.807) is 29.2 Å². The van der Waals surface area contributed by atoms with Crippen molar-refractivity contribution in [3.05, 3.63) is 59.9 Å². The van der Waals surface area contributed by atoms with Gasteiger partial charge in [-0.05, 0) is 75.3 Å². The third-order valence-electron chi connectivity index (χ3n) is 7.20. The lowest BCUT2D eigenvalue weighted by atomic mass is 9.77. The molecule has 196 valence electrons. The molecule has 2 aliphatic rings. The molecule has 8 nitrogen and oxygen atoms in total. The zero-order valence-electron chi connectivity index (χ0n) is 20.5. The smallest absolute Gasteiger partial charge is 0.383 e. The Labute approximate surface area is 212 Å². The van der Waals surface area contributed by atoms with Crippen LogP contribution in [0.15, 0.2) is 43.0 Å². The minimum absolute atomic E-state index is 0.0519. The van der Waals surface area contributed by atoms with Crippen LogP contribution in [0, 0.1) is 12.8 Å². The van der Waals surface area contributed by atoms with Crippen molar-refractivity contribution >= 4 is 17.5 Å². The number of aromatic nitrogens is 4. The van der Waals surface area contributed by atoms with E-state index < -0.39 is 17.5 Å². The Hall–Kier alpha value is -3.47. The first-order chi connectivity index (χ1) is 17.6. The van der Waals surface area contributed by atoms with Gasteiger partial charge in [-0.25, -0.2) is 15.0 Å². The number of carbonyl (C=O) groups excluding carboxylic acids is 1. The number of alkyl halides is 3. The van der Waals surface area contributed by atoms with Crippen LogP contribution in [0.1, 0.15) is 55.5 Å². The molecule has 5 rings (SSSR count). The first-order valence-corrected chi connectivity index (χ1v) is 12.5. The lowest BCUT2D eigenvalue weighted by Crippen LogP contribution is -2.39. The molecule has 3 aromatic rings. The summed E-state index contributed by atoms with van der Waals surface area (Å²) < 4.78 is 40.8. The van der Waals surface area contributed by atoms with Crippen molar-refractivity contribution in [1.29, 1.82) is 0 Å². The van der Waals surface area contributed by atoms with Crippen molar-refractivity contribution in [3.8, 4) is 5.69 Å². The van der Waals surface area contributed by atoms with E-state index in [0.717, 1.165) is 49.4 Å². The van der Waals surface area contributed by atoms with Gasteiger partial charge in [-0.1, -0.05) is 0 Å². The summed E-state index contributed by atoms with van der Waals surface area (Å²) in [7, 11) is 0. The maximum absolute atomic E-state index is 13.0. The van der Waals surface area contributed by atoms with Gasteiger partial charge in [0, 0.05) is 42.8 Å². The molecule has 1 saturated heterocycles. The number of likely N-dealkylation sites (tertiary alicyclic amines) is 1. The molecule has 0 bridgehead atoms. The molecule has 1 saturated carbocycles. The minimum Gasteiger partial charge on any atom is -0.383 e. The van der Waals surface area contributed by atoms with Crippen LogP contribution in [0.3, 0.4) is 0 Å². The Bertz CT molecular complexity index is 1280. The van der Waals surface area contributed by atoms with E-state index >= 15 is 0 Å². The largest absolute Gasteiger partial charge is 0.433 e. The summed E-state index contributed by atoms with van der Waals surface area (Å²) in [6, 6.07) is 6.24. The normalized spacial score (nSPS) is 22.3. The van der Waals surface area contributed by atoms with Gasteiger partial charge in [0.15, 0.2) is 0 Å². The fraction of sp³-hybridized carbons (Fsp3) is 0.462. The number of benzene rings is 1. The average Bonchev–Trinajstić information content (AvgIpc) is 3.57. The number of nitrogens with one attached hydrogen (secondary N) is 1. The summed E-state index contributed by atoms with van der Waals surface area (Å²) in [4.78, 5) is 26.6. The highest BCUT2D eigenvalue weighted by Gasteiger charge is 2.40. The van der Waals surface area contributed by atoms with Gasteiger partial charge in [-0.15, -0.1) is 0 Å². The molecular weight excluding hydrogens is 485 g/mol. The van der Waals surface area contributed by atoms with Gasteiger partial charge in [0.2, 0.25) is 11.9 Å². The topological polar surface area (TPSA) is 96.2 Å². The first-order valence-electron chi connectivity index (χ1n) is 12.5. The maximum Gasteiger partial charge on any atom is 0.433 e. The molecule has 37 heavy (non-hydrogen) atoms. The molecule has 2 fully saturated rings. The highest BCUT2D eigenvalue weighted by molar-refractivity contribution is 5.79. The number of rotatable bonds is 5. The van der Waals surface area contributed by atoms with Crippen LogP contribution in [0.25, 0.3) is 5.69 Å². The van der Waals surface area contributed by atoms with Crippen LogP contribution in [0.2, 0.25) is 0 Å². The summed E-state index contributed by atoms with van der Waals surface area (Å²) in [5, 5.41) is 14.2. The summed E-state index contributed by atoms with van der Waals surface area (Å²) in [6.07, 6.45) is 4.14. The SMILES string of the molecule is Cc1cc(Nc2nccc(C(F)(F)F)n2)cc(-n2cnc([C@]3(O)CC[C@@H](C(=O)N4CCCC4)CC3)c2)c1. The van der Waals surface area contributed by atoms with Crippen molar-refractivity contribution in [2.45, 2.75) is 57.2 Å². The number of hydrogen-bond acceptors (Lipinski definition) is 6.